The summed E-state index contributed by atoms with van der Waals surface area (Å²) in [6.07, 6.45) is 1.27. The van der Waals surface area contributed by atoms with Crippen molar-refractivity contribution in [1.82, 2.24) is 0 Å². The summed E-state index contributed by atoms with van der Waals surface area (Å²) in [7, 11) is 0. The van der Waals surface area contributed by atoms with Crippen LogP contribution in [0.4, 0.5) is 4.39 Å². The molecule has 0 amide bonds. The Kier molecular flexibility index (Phi) is 5.66. The average molecular weight is 406 g/mol. The van der Waals surface area contributed by atoms with Crippen LogP contribution in [-0.4, -0.2) is 6.61 Å². The lowest BCUT2D eigenvalue weighted by atomic mass is 10.2. The number of para-hydroxylation sites is 2. The molecule has 0 aliphatic heterocycles. The number of benzene rings is 3. The van der Waals surface area contributed by atoms with E-state index in [1.54, 1.807) is 48.5 Å². The van der Waals surface area contributed by atoms with Crippen LogP contribution >= 0.6 is 0 Å². The van der Waals surface area contributed by atoms with E-state index in [0.29, 0.717) is 34.8 Å². The van der Waals surface area contributed by atoms with Gasteiger partial charge in [0, 0.05) is 6.07 Å². The Morgan fingerprint density at radius 1 is 0.900 bits per heavy atom. The van der Waals surface area contributed by atoms with E-state index in [2.05, 4.69) is 0 Å². The Balaban J connectivity index is 1.55. The highest BCUT2D eigenvalue weighted by Crippen LogP contribution is 2.31. The first-order valence-electron chi connectivity index (χ1n) is 9.46. The third-order valence-corrected chi connectivity index (χ3v) is 4.40. The summed E-state index contributed by atoms with van der Waals surface area (Å²) >= 11 is 0. The van der Waals surface area contributed by atoms with E-state index < -0.39 is 0 Å². The minimum atomic E-state index is -0.298. The maximum absolute atomic E-state index is 13.0. The Hall–Kier alpha value is -3.80. The zero-order chi connectivity index (χ0) is 20.9. The van der Waals surface area contributed by atoms with Crippen LogP contribution in [0.15, 0.2) is 82.2 Å². The Morgan fingerprint density at radius 3 is 2.43 bits per heavy atom. The van der Waals surface area contributed by atoms with Gasteiger partial charge in [0.25, 0.3) is 0 Å². The van der Waals surface area contributed by atoms with E-state index in [1.165, 1.54) is 18.4 Å². The molecule has 0 unspecified atom stereocenters. The summed E-state index contributed by atoms with van der Waals surface area (Å²) < 4.78 is 35.6. The van der Waals surface area contributed by atoms with Crippen LogP contribution < -0.4 is 19.6 Å². The predicted molar refractivity (Wildman–Crippen MR) is 111 cm³/mol. The molecule has 0 radical (unpaired) electrons. The predicted octanol–water partition coefficient (Wildman–Crippen LogP) is 5.70. The molecule has 5 nitrogen and oxygen atoms in total. The van der Waals surface area contributed by atoms with Crippen molar-refractivity contribution in [2.24, 2.45) is 0 Å². The third kappa shape index (κ3) is 4.27. The first kappa shape index (κ1) is 19.5. The summed E-state index contributed by atoms with van der Waals surface area (Å²) in [6, 6.07) is 18.1. The highest BCUT2D eigenvalue weighted by molar-refractivity contribution is 5.79. The van der Waals surface area contributed by atoms with Crippen molar-refractivity contribution < 1.29 is 23.0 Å². The van der Waals surface area contributed by atoms with E-state index in [9.17, 15) is 9.18 Å². The van der Waals surface area contributed by atoms with Crippen molar-refractivity contribution in [1.29, 1.82) is 0 Å². The highest BCUT2D eigenvalue weighted by atomic mass is 19.1. The normalized spacial score (nSPS) is 10.7. The van der Waals surface area contributed by atoms with Crippen LogP contribution in [0.25, 0.3) is 11.0 Å². The first-order chi connectivity index (χ1) is 14.6. The van der Waals surface area contributed by atoms with E-state index in [0.717, 1.165) is 5.56 Å². The van der Waals surface area contributed by atoms with Gasteiger partial charge in [-0.05, 0) is 48.9 Å². The highest BCUT2D eigenvalue weighted by Gasteiger charge is 2.13. The van der Waals surface area contributed by atoms with E-state index in [1.807, 2.05) is 13.0 Å². The second-order valence-electron chi connectivity index (χ2n) is 6.48. The number of rotatable bonds is 7. The molecule has 0 atom stereocenters. The lowest BCUT2D eigenvalue weighted by molar-refractivity contribution is 0.306. The van der Waals surface area contributed by atoms with Gasteiger partial charge in [-0.15, -0.1) is 0 Å². The topological polar surface area (TPSA) is 57.9 Å². The molecule has 0 saturated carbocycles. The van der Waals surface area contributed by atoms with Crippen molar-refractivity contribution >= 4 is 11.0 Å². The Labute approximate surface area is 172 Å². The van der Waals surface area contributed by atoms with Crippen molar-refractivity contribution in [3.8, 4) is 23.0 Å². The van der Waals surface area contributed by atoms with Crippen LogP contribution in [0.1, 0.15) is 12.5 Å². The summed E-state index contributed by atoms with van der Waals surface area (Å²) in [5, 5.41) is 0.371. The molecule has 0 spiro atoms. The number of fused-ring (bicyclic) bond motifs is 1. The summed E-state index contributed by atoms with van der Waals surface area (Å²) in [5.41, 5.74) is 0.907. The second-order valence-corrected chi connectivity index (χ2v) is 6.48. The van der Waals surface area contributed by atoms with E-state index in [-0.39, 0.29) is 23.6 Å². The first-order valence-corrected chi connectivity index (χ1v) is 9.46. The molecule has 0 aliphatic carbocycles. The number of hydrogen-bond donors (Lipinski definition) is 0. The third-order valence-electron chi connectivity index (χ3n) is 4.40. The van der Waals surface area contributed by atoms with Gasteiger partial charge in [-0.1, -0.05) is 24.3 Å². The monoisotopic (exact) mass is 406 g/mol. The zero-order valence-corrected chi connectivity index (χ0v) is 16.3. The summed E-state index contributed by atoms with van der Waals surface area (Å²) in [5.74, 6) is 1.28. The van der Waals surface area contributed by atoms with Crippen LogP contribution in [0.3, 0.4) is 0 Å². The van der Waals surface area contributed by atoms with Gasteiger partial charge in [-0.25, -0.2) is 4.39 Å². The van der Waals surface area contributed by atoms with Gasteiger partial charge >= 0.3 is 0 Å². The summed E-state index contributed by atoms with van der Waals surface area (Å²) in [6.45, 7) is 2.62. The molecular weight excluding hydrogens is 387 g/mol. The number of hydrogen-bond acceptors (Lipinski definition) is 5. The van der Waals surface area contributed by atoms with Crippen molar-refractivity contribution in [3.63, 3.8) is 0 Å². The maximum Gasteiger partial charge on any atom is 0.235 e. The van der Waals surface area contributed by atoms with E-state index in [4.69, 9.17) is 18.6 Å². The van der Waals surface area contributed by atoms with Crippen LogP contribution in [0.2, 0.25) is 0 Å². The fourth-order valence-corrected chi connectivity index (χ4v) is 2.93. The fourth-order valence-electron chi connectivity index (χ4n) is 2.93. The maximum atomic E-state index is 13.0. The molecule has 1 heterocycles. The molecule has 0 bridgehead atoms. The van der Waals surface area contributed by atoms with Crippen LogP contribution in [0, 0.1) is 5.82 Å². The largest absolute Gasteiger partial charge is 0.490 e. The van der Waals surface area contributed by atoms with Crippen LogP contribution in [0.5, 0.6) is 23.0 Å². The lowest BCUT2D eigenvalue weighted by Gasteiger charge is -2.11. The standard InChI is InChI=1S/C24H19FO5/c1-2-27-20-5-3-4-6-21(20)30-23-15-29-22-13-18(11-12-19(22)24(23)26)28-14-16-7-9-17(25)10-8-16/h3-13,15H,2,14H2,1H3. The molecule has 0 fully saturated rings. The SMILES string of the molecule is CCOc1ccccc1Oc1coc2cc(OCc3ccc(F)cc3)ccc2c1=O. The molecule has 1 aromatic heterocycles. The Morgan fingerprint density at radius 2 is 1.67 bits per heavy atom. The van der Waals surface area contributed by atoms with Gasteiger partial charge in [0.15, 0.2) is 11.5 Å². The second kappa shape index (κ2) is 8.69. The molecule has 4 rings (SSSR count). The molecule has 0 saturated heterocycles. The molecule has 0 N–H and O–H groups in total. The molecule has 6 heteroatoms. The molecular formula is C24H19FO5. The van der Waals surface area contributed by atoms with Gasteiger partial charge in [0.2, 0.25) is 11.2 Å². The van der Waals surface area contributed by atoms with Crippen molar-refractivity contribution in [2.45, 2.75) is 13.5 Å². The van der Waals surface area contributed by atoms with Gasteiger partial charge in [-0.2, -0.15) is 0 Å². The molecule has 3 aromatic carbocycles. The quantitative estimate of drug-likeness (QED) is 0.394. The smallest absolute Gasteiger partial charge is 0.235 e. The van der Waals surface area contributed by atoms with Gasteiger partial charge in [0.05, 0.1) is 12.0 Å². The minimum Gasteiger partial charge on any atom is -0.490 e. The van der Waals surface area contributed by atoms with Crippen molar-refractivity contribution in [3.05, 3.63) is 94.6 Å². The molecule has 4 aromatic rings. The van der Waals surface area contributed by atoms with Crippen LogP contribution in [-0.2, 0) is 6.61 Å². The van der Waals surface area contributed by atoms with E-state index >= 15 is 0 Å². The van der Waals surface area contributed by atoms with Crippen molar-refractivity contribution in [2.75, 3.05) is 6.61 Å². The molecule has 152 valence electrons. The summed E-state index contributed by atoms with van der Waals surface area (Å²) in [4.78, 5) is 12.8. The lowest BCUT2D eigenvalue weighted by Crippen LogP contribution is -2.06. The van der Waals surface area contributed by atoms with Gasteiger partial charge in [-0.3, -0.25) is 4.79 Å². The number of ether oxygens (including phenoxy) is 3. The zero-order valence-electron chi connectivity index (χ0n) is 16.3. The van der Waals surface area contributed by atoms with Gasteiger partial charge < -0.3 is 18.6 Å². The fraction of sp³-hybridized carbons (Fsp3) is 0.125. The Bertz CT molecular complexity index is 1210. The van der Waals surface area contributed by atoms with Gasteiger partial charge in [0.1, 0.15) is 30.0 Å². The molecule has 0 aliphatic rings. The number of halogens is 1. The minimum absolute atomic E-state index is 0.0645. The molecule has 30 heavy (non-hydrogen) atoms. The average Bonchev–Trinajstić information content (AvgIpc) is 2.77.